The fourth-order valence-corrected chi connectivity index (χ4v) is 2.00. The minimum atomic E-state index is -0.327. The zero-order chi connectivity index (χ0) is 15.9. The zero-order valence-corrected chi connectivity index (χ0v) is 12.8. The van der Waals surface area contributed by atoms with Crippen LogP contribution < -0.4 is 5.73 Å². The van der Waals surface area contributed by atoms with Crippen LogP contribution in [0.4, 0.5) is 0 Å². The number of rotatable bonds is 7. The molecule has 0 aliphatic carbocycles. The van der Waals surface area contributed by atoms with E-state index < -0.39 is 0 Å². The van der Waals surface area contributed by atoms with Gasteiger partial charge < -0.3 is 15.2 Å². The first kappa shape index (κ1) is 16.1. The number of carbonyl (C=O) groups excluding carboxylic acids is 1. The van der Waals surface area contributed by atoms with Crippen molar-refractivity contribution < 1.29 is 14.3 Å². The summed E-state index contributed by atoms with van der Waals surface area (Å²) in [6.07, 6.45) is 0.797. The Hall–Kier alpha value is -2.25. The lowest BCUT2D eigenvalue weighted by Crippen LogP contribution is -2.08. The predicted molar refractivity (Wildman–Crippen MR) is 80.5 cm³/mol. The van der Waals surface area contributed by atoms with Crippen molar-refractivity contribution in [2.24, 2.45) is 5.73 Å². The first-order chi connectivity index (χ1) is 10.7. The van der Waals surface area contributed by atoms with Crippen molar-refractivity contribution in [3.8, 4) is 5.69 Å². The van der Waals surface area contributed by atoms with Gasteiger partial charge in [-0.25, -0.2) is 9.48 Å². The van der Waals surface area contributed by atoms with Crippen LogP contribution in [-0.2, 0) is 22.6 Å². The number of nitrogens with two attached hydrogens (primary N) is 1. The SMILES string of the molecule is CCCOC(=O)c1ccc(-n2nnc(CN)c2COC)cc1. The Bertz CT molecular complexity index is 622. The lowest BCUT2D eigenvalue weighted by molar-refractivity contribution is 0.0505. The maximum Gasteiger partial charge on any atom is 0.338 e. The number of nitrogens with zero attached hydrogens (tertiary/aromatic N) is 3. The highest BCUT2D eigenvalue weighted by atomic mass is 16.5. The van der Waals surface area contributed by atoms with E-state index in [1.54, 1.807) is 36.1 Å². The molecule has 2 rings (SSSR count). The fourth-order valence-electron chi connectivity index (χ4n) is 2.00. The molecule has 2 N–H and O–H groups in total. The van der Waals surface area contributed by atoms with Gasteiger partial charge in [0.25, 0.3) is 0 Å². The van der Waals surface area contributed by atoms with Crippen LogP contribution in [0.1, 0.15) is 35.1 Å². The van der Waals surface area contributed by atoms with Gasteiger partial charge in [0.05, 0.1) is 30.2 Å². The molecule has 0 fully saturated rings. The van der Waals surface area contributed by atoms with Gasteiger partial charge in [-0.1, -0.05) is 12.1 Å². The monoisotopic (exact) mass is 304 g/mol. The molecule has 0 aliphatic rings. The third-order valence-electron chi connectivity index (χ3n) is 3.10. The van der Waals surface area contributed by atoms with Crippen LogP contribution in [0.3, 0.4) is 0 Å². The first-order valence-corrected chi connectivity index (χ1v) is 7.11. The van der Waals surface area contributed by atoms with Gasteiger partial charge in [-0.05, 0) is 30.7 Å². The van der Waals surface area contributed by atoms with Gasteiger partial charge in [0.15, 0.2) is 0 Å². The third kappa shape index (κ3) is 3.49. The van der Waals surface area contributed by atoms with E-state index in [-0.39, 0.29) is 5.97 Å². The molecule has 0 atom stereocenters. The van der Waals surface area contributed by atoms with E-state index in [0.717, 1.165) is 17.8 Å². The van der Waals surface area contributed by atoms with Crippen molar-refractivity contribution in [2.75, 3.05) is 13.7 Å². The molecule has 1 aromatic carbocycles. The minimum absolute atomic E-state index is 0.292. The van der Waals surface area contributed by atoms with E-state index in [2.05, 4.69) is 10.3 Å². The number of carbonyl (C=O) groups is 1. The quantitative estimate of drug-likeness (QED) is 0.778. The number of benzene rings is 1. The highest BCUT2D eigenvalue weighted by Crippen LogP contribution is 2.15. The predicted octanol–water partition coefficient (Wildman–Crippen LogP) is 1.44. The van der Waals surface area contributed by atoms with E-state index in [9.17, 15) is 4.79 Å². The molecule has 118 valence electrons. The summed E-state index contributed by atoms with van der Waals surface area (Å²) in [5.41, 5.74) is 8.42. The minimum Gasteiger partial charge on any atom is -0.462 e. The summed E-state index contributed by atoms with van der Waals surface area (Å²) in [6, 6.07) is 6.98. The Morgan fingerprint density at radius 3 is 2.64 bits per heavy atom. The highest BCUT2D eigenvalue weighted by Gasteiger charge is 2.14. The molecule has 0 radical (unpaired) electrons. The largest absolute Gasteiger partial charge is 0.462 e. The fraction of sp³-hybridized carbons (Fsp3) is 0.400. The van der Waals surface area contributed by atoms with Crippen LogP contribution in [0, 0.1) is 0 Å². The summed E-state index contributed by atoms with van der Waals surface area (Å²) in [6.45, 7) is 3.02. The Balaban J connectivity index is 2.23. The molecule has 7 nitrogen and oxygen atoms in total. The second kappa shape index (κ2) is 7.67. The van der Waals surface area contributed by atoms with Gasteiger partial charge in [0.1, 0.15) is 5.69 Å². The molecule has 0 saturated heterocycles. The van der Waals surface area contributed by atoms with Crippen molar-refractivity contribution in [2.45, 2.75) is 26.5 Å². The first-order valence-electron chi connectivity index (χ1n) is 7.11. The zero-order valence-electron chi connectivity index (χ0n) is 12.8. The maximum absolute atomic E-state index is 11.8. The van der Waals surface area contributed by atoms with Crippen molar-refractivity contribution in [3.05, 3.63) is 41.2 Å². The Morgan fingerprint density at radius 2 is 2.05 bits per heavy atom. The summed E-state index contributed by atoms with van der Waals surface area (Å²) in [5.74, 6) is -0.327. The molecular formula is C15H20N4O3. The van der Waals surface area contributed by atoms with Gasteiger partial charge in [-0.2, -0.15) is 0 Å². The molecule has 0 amide bonds. The Labute approximate surface area is 129 Å². The van der Waals surface area contributed by atoms with Crippen molar-refractivity contribution in [3.63, 3.8) is 0 Å². The van der Waals surface area contributed by atoms with Crippen LogP contribution in [0.25, 0.3) is 5.69 Å². The van der Waals surface area contributed by atoms with Gasteiger partial charge >= 0.3 is 5.97 Å². The van der Waals surface area contributed by atoms with E-state index in [0.29, 0.717) is 31.0 Å². The molecule has 1 heterocycles. The maximum atomic E-state index is 11.8. The van der Waals surface area contributed by atoms with Crippen LogP contribution >= 0.6 is 0 Å². The molecular weight excluding hydrogens is 284 g/mol. The summed E-state index contributed by atoms with van der Waals surface area (Å²) in [4.78, 5) is 11.8. The number of hydrogen-bond donors (Lipinski definition) is 1. The number of ether oxygens (including phenoxy) is 2. The van der Waals surface area contributed by atoms with Crippen LogP contribution in [0.15, 0.2) is 24.3 Å². The van der Waals surface area contributed by atoms with Gasteiger partial charge in [-0.15, -0.1) is 5.10 Å². The summed E-state index contributed by atoms with van der Waals surface area (Å²) < 4.78 is 11.9. The average molecular weight is 304 g/mol. The van der Waals surface area contributed by atoms with E-state index in [4.69, 9.17) is 15.2 Å². The molecule has 2 aromatic rings. The molecule has 0 aliphatic heterocycles. The average Bonchev–Trinajstić information content (AvgIpc) is 2.96. The number of hydrogen-bond acceptors (Lipinski definition) is 6. The second-order valence-electron chi connectivity index (χ2n) is 4.71. The van der Waals surface area contributed by atoms with Crippen LogP contribution in [0.5, 0.6) is 0 Å². The lowest BCUT2D eigenvalue weighted by atomic mass is 10.2. The molecule has 0 saturated carbocycles. The van der Waals surface area contributed by atoms with E-state index >= 15 is 0 Å². The van der Waals surface area contributed by atoms with Crippen LogP contribution in [0.2, 0.25) is 0 Å². The third-order valence-corrected chi connectivity index (χ3v) is 3.10. The summed E-state index contributed by atoms with van der Waals surface area (Å²) in [5, 5.41) is 8.13. The highest BCUT2D eigenvalue weighted by molar-refractivity contribution is 5.89. The van der Waals surface area contributed by atoms with E-state index in [1.807, 2.05) is 6.92 Å². The van der Waals surface area contributed by atoms with Crippen molar-refractivity contribution >= 4 is 5.97 Å². The molecule has 1 aromatic heterocycles. The standard InChI is InChI=1S/C15H20N4O3/c1-3-8-22-15(20)11-4-6-12(7-5-11)19-14(10-21-2)13(9-16)17-18-19/h4-7H,3,8-10,16H2,1-2H3. The van der Waals surface area contributed by atoms with Gasteiger partial charge in [-0.3, -0.25) is 0 Å². The molecule has 0 unspecified atom stereocenters. The van der Waals surface area contributed by atoms with Crippen molar-refractivity contribution in [1.29, 1.82) is 0 Å². The van der Waals surface area contributed by atoms with Gasteiger partial charge in [0, 0.05) is 13.7 Å². The number of esters is 1. The Kier molecular flexibility index (Phi) is 5.62. The lowest BCUT2D eigenvalue weighted by Gasteiger charge is -2.08. The van der Waals surface area contributed by atoms with Crippen molar-refractivity contribution in [1.82, 2.24) is 15.0 Å². The molecule has 0 bridgehead atoms. The molecule has 7 heteroatoms. The number of methoxy groups -OCH3 is 1. The van der Waals surface area contributed by atoms with Crippen LogP contribution in [-0.4, -0.2) is 34.7 Å². The number of aromatic nitrogens is 3. The molecule has 0 spiro atoms. The second-order valence-corrected chi connectivity index (χ2v) is 4.71. The summed E-state index contributed by atoms with van der Waals surface area (Å²) >= 11 is 0. The van der Waals surface area contributed by atoms with Gasteiger partial charge in [0.2, 0.25) is 0 Å². The Morgan fingerprint density at radius 1 is 1.32 bits per heavy atom. The topological polar surface area (TPSA) is 92.3 Å². The van der Waals surface area contributed by atoms with E-state index in [1.165, 1.54) is 0 Å². The summed E-state index contributed by atoms with van der Waals surface area (Å²) in [7, 11) is 1.60. The smallest absolute Gasteiger partial charge is 0.338 e. The normalized spacial score (nSPS) is 10.7. The molecule has 22 heavy (non-hydrogen) atoms.